The molecular weight excluding hydrogens is 423 g/mol. The van der Waals surface area contributed by atoms with Crippen LogP contribution in [0.1, 0.15) is 51.4 Å². The predicted octanol–water partition coefficient (Wildman–Crippen LogP) is 2.95. The monoisotopic (exact) mass is 445 g/mol. The van der Waals surface area contributed by atoms with E-state index in [0.29, 0.717) is 36.5 Å². The summed E-state index contributed by atoms with van der Waals surface area (Å²) in [5, 5.41) is 11.3. The summed E-state index contributed by atoms with van der Waals surface area (Å²) < 4.78 is 40.9. The number of aryl methyl sites for hydroxylation is 1. The van der Waals surface area contributed by atoms with Crippen LogP contribution < -0.4 is 4.90 Å². The Labute approximate surface area is 182 Å². The number of fused-ring (bicyclic) bond motifs is 2. The second kappa shape index (κ2) is 7.42. The van der Waals surface area contributed by atoms with Crippen LogP contribution in [0.3, 0.4) is 0 Å². The van der Waals surface area contributed by atoms with Gasteiger partial charge in [0.2, 0.25) is 0 Å². The molecule has 0 N–H and O–H groups in total. The zero-order valence-electron chi connectivity index (χ0n) is 17.8. The van der Waals surface area contributed by atoms with Crippen molar-refractivity contribution in [1.82, 2.24) is 29.7 Å². The Morgan fingerprint density at radius 3 is 2.53 bits per heavy atom. The first kappa shape index (κ1) is 20.7. The first-order valence-electron chi connectivity index (χ1n) is 10.6. The summed E-state index contributed by atoms with van der Waals surface area (Å²) in [5.41, 5.74) is 3.77. The van der Waals surface area contributed by atoms with Crippen LogP contribution in [0.2, 0.25) is 0 Å². The Bertz CT molecular complexity index is 1210. The number of rotatable bonds is 2. The number of halogens is 3. The molecule has 11 heteroatoms. The Hall–Kier alpha value is -3.24. The van der Waals surface area contributed by atoms with Crippen molar-refractivity contribution in [2.45, 2.75) is 45.8 Å². The summed E-state index contributed by atoms with van der Waals surface area (Å²) in [6, 6.07) is 1.86. The van der Waals surface area contributed by atoms with Gasteiger partial charge in [-0.3, -0.25) is 9.78 Å². The van der Waals surface area contributed by atoms with Gasteiger partial charge in [-0.25, -0.2) is 0 Å². The van der Waals surface area contributed by atoms with Crippen molar-refractivity contribution in [3.05, 3.63) is 46.0 Å². The molecule has 0 atom stereocenters. The molecule has 2 aliphatic heterocycles. The van der Waals surface area contributed by atoms with E-state index < -0.39 is 12.0 Å². The van der Waals surface area contributed by atoms with Crippen molar-refractivity contribution in [3.63, 3.8) is 0 Å². The fraction of sp³-hybridized carbons (Fsp3) is 0.476. The highest BCUT2D eigenvalue weighted by atomic mass is 19.4. The molecule has 168 valence electrons. The highest BCUT2D eigenvalue weighted by Gasteiger charge is 2.38. The molecule has 5 heterocycles. The zero-order valence-corrected chi connectivity index (χ0v) is 17.8. The van der Waals surface area contributed by atoms with Gasteiger partial charge in [-0.2, -0.15) is 17.7 Å². The number of amides is 1. The predicted molar refractivity (Wildman–Crippen MR) is 109 cm³/mol. The Morgan fingerprint density at radius 1 is 1.06 bits per heavy atom. The molecular formula is C21H22F3N7O. The lowest BCUT2D eigenvalue weighted by Gasteiger charge is -2.31. The lowest BCUT2D eigenvalue weighted by Crippen LogP contribution is -2.34. The number of alkyl halides is 3. The molecule has 32 heavy (non-hydrogen) atoms. The summed E-state index contributed by atoms with van der Waals surface area (Å²) in [6.07, 6.45) is -0.405. The van der Waals surface area contributed by atoms with Crippen molar-refractivity contribution < 1.29 is 18.0 Å². The van der Waals surface area contributed by atoms with Crippen molar-refractivity contribution in [2.24, 2.45) is 0 Å². The highest BCUT2D eigenvalue weighted by Crippen LogP contribution is 2.32. The van der Waals surface area contributed by atoms with Gasteiger partial charge in [0.15, 0.2) is 11.5 Å². The molecule has 1 amide bonds. The Balaban J connectivity index is 1.50. The van der Waals surface area contributed by atoms with Gasteiger partial charge >= 0.3 is 6.18 Å². The number of nitrogens with zero attached hydrogens (tertiary/aromatic N) is 7. The van der Waals surface area contributed by atoms with Gasteiger partial charge in [0.25, 0.3) is 11.7 Å². The molecule has 8 nitrogen and oxygen atoms in total. The molecule has 0 bridgehead atoms. The van der Waals surface area contributed by atoms with E-state index in [2.05, 4.69) is 20.3 Å². The highest BCUT2D eigenvalue weighted by molar-refractivity contribution is 5.94. The minimum absolute atomic E-state index is 0.0270. The summed E-state index contributed by atoms with van der Waals surface area (Å²) >= 11 is 0. The van der Waals surface area contributed by atoms with E-state index in [1.165, 1.54) is 0 Å². The molecule has 3 aromatic rings. The maximum atomic E-state index is 13.4. The van der Waals surface area contributed by atoms with Crippen LogP contribution in [-0.4, -0.2) is 55.2 Å². The summed E-state index contributed by atoms with van der Waals surface area (Å²) in [6.45, 7) is 6.01. The number of aromatic nitrogens is 5. The number of hydrogen-bond donors (Lipinski definition) is 0. The number of carbonyl (C=O) groups excluding carboxylic acids is 1. The minimum Gasteiger partial charge on any atom is -0.350 e. The molecule has 1 saturated heterocycles. The fourth-order valence-electron chi connectivity index (χ4n) is 4.42. The van der Waals surface area contributed by atoms with Gasteiger partial charge < -0.3 is 9.80 Å². The Kier molecular flexibility index (Phi) is 4.79. The van der Waals surface area contributed by atoms with E-state index in [1.807, 2.05) is 22.8 Å². The molecule has 3 aromatic heterocycles. The van der Waals surface area contributed by atoms with E-state index >= 15 is 0 Å². The molecule has 1 fully saturated rings. The maximum absolute atomic E-state index is 13.4. The standard InChI is InChI=1S/C21H22F3N7O/c1-12-13(2)18(28-31-17(12)26-27-20(31)21(22,23)24)30-8-5-16-15(11-30)9-14(10-25-16)19(32)29-6-3-4-7-29/h9-10H,3-8,11H2,1-2H3. The molecule has 0 radical (unpaired) electrons. The lowest BCUT2D eigenvalue weighted by molar-refractivity contribution is -0.146. The smallest absolute Gasteiger partial charge is 0.350 e. The van der Waals surface area contributed by atoms with Crippen molar-refractivity contribution in [2.75, 3.05) is 24.5 Å². The zero-order chi connectivity index (χ0) is 22.6. The van der Waals surface area contributed by atoms with E-state index in [4.69, 9.17) is 0 Å². The Morgan fingerprint density at radius 2 is 1.81 bits per heavy atom. The second-order valence-electron chi connectivity index (χ2n) is 8.33. The number of likely N-dealkylation sites (tertiary alicyclic amines) is 1. The van der Waals surface area contributed by atoms with E-state index in [1.54, 1.807) is 13.1 Å². The van der Waals surface area contributed by atoms with Gasteiger partial charge in [0, 0.05) is 55.6 Å². The summed E-state index contributed by atoms with van der Waals surface area (Å²) in [7, 11) is 0. The van der Waals surface area contributed by atoms with E-state index in [0.717, 1.165) is 47.3 Å². The van der Waals surface area contributed by atoms with E-state index in [9.17, 15) is 18.0 Å². The van der Waals surface area contributed by atoms with Crippen LogP contribution in [0.4, 0.5) is 19.0 Å². The number of pyridine rings is 1. The van der Waals surface area contributed by atoms with Gasteiger partial charge in [-0.05, 0) is 38.3 Å². The lowest BCUT2D eigenvalue weighted by atomic mass is 10.0. The second-order valence-corrected chi connectivity index (χ2v) is 8.33. The van der Waals surface area contributed by atoms with Gasteiger partial charge in [-0.1, -0.05) is 0 Å². The third kappa shape index (κ3) is 3.35. The quantitative estimate of drug-likeness (QED) is 0.604. The number of hydrogen-bond acceptors (Lipinski definition) is 6. The van der Waals surface area contributed by atoms with Crippen molar-refractivity contribution in [3.8, 4) is 0 Å². The molecule has 5 rings (SSSR count). The van der Waals surface area contributed by atoms with Crippen LogP contribution in [0.15, 0.2) is 12.3 Å². The molecule has 2 aliphatic rings. The van der Waals surface area contributed by atoms with Crippen LogP contribution in [0, 0.1) is 13.8 Å². The van der Waals surface area contributed by atoms with Gasteiger partial charge in [0.05, 0.1) is 5.56 Å². The van der Waals surface area contributed by atoms with Crippen LogP contribution in [0.25, 0.3) is 5.65 Å². The van der Waals surface area contributed by atoms with Crippen molar-refractivity contribution >= 4 is 17.4 Å². The number of carbonyl (C=O) groups is 1. The third-order valence-electron chi connectivity index (χ3n) is 6.30. The SMILES string of the molecule is Cc1c(N2CCc3ncc(C(=O)N4CCCC4)cc3C2)nn2c(C(F)(F)F)nnc2c1C. The van der Waals surface area contributed by atoms with Crippen LogP contribution in [0.5, 0.6) is 0 Å². The molecule has 0 unspecified atom stereocenters. The summed E-state index contributed by atoms with van der Waals surface area (Å²) in [4.78, 5) is 21.0. The van der Waals surface area contributed by atoms with E-state index in [-0.39, 0.29) is 11.6 Å². The first-order chi connectivity index (χ1) is 15.2. The fourth-order valence-corrected chi connectivity index (χ4v) is 4.42. The largest absolute Gasteiger partial charge is 0.453 e. The van der Waals surface area contributed by atoms with Crippen molar-refractivity contribution in [1.29, 1.82) is 0 Å². The van der Waals surface area contributed by atoms with Gasteiger partial charge in [-0.15, -0.1) is 15.3 Å². The first-order valence-corrected chi connectivity index (χ1v) is 10.6. The average molecular weight is 445 g/mol. The maximum Gasteiger partial charge on any atom is 0.453 e. The normalized spacial score (nSPS) is 16.7. The van der Waals surface area contributed by atoms with Crippen LogP contribution in [-0.2, 0) is 19.1 Å². The summed E-state index contributed by atoms with van der Waals surface area (Å²) in [5.74, 6) is -0.725. The molecule has 0 spiro atoms. The molecule has 0 aromatic carbocycles. The molecule has 0 saturated carbocycles. The average Bonchev–Trinajstić information content (AvgIpc) is 3.45. The van der Waals surface area contributed by atoms with Gasteiger partial charge in [0.1, 0.15) is 0 Å². The number of anilines is 1. The molecule has 0 aliphatic carbocycles. The third-order valence-corrected chi connectivity index (χ3v) is 6.30. The minimum atomic E-state index is -4.66. The topological polar surface area (TPSA) is 79.5 Å². The van der Waals surface area contributed by atoms with Crippen LogP contribution >= 0.6 is 0 Å².